The Morgan fingerprint density at radius 3 is 2.68 bits per heavy atom. The number of amides is 1. The second kappa shape index (κ2) is 5.97. The average molecular weight is 264 g/mol. The molecule has 2 rings (SSSR count). The largest absolute Gasteiger partial charge is 0.335 e. The van der Waals surface area contributed by atoms with Gasteiger partial charge in [-0.25, -0.2) is 4.68 Å². The third-order valence-electron chi connectivity index (χ3n) is 3.03. The number of hydrogen-bond donors (Lipinski definition) is 1. The van der Waals surface area contributed by atoms with Crippen molar-refractivity contribution in [3.8, 4) is 0 Å². The van der Waals surface area contributed by atoms with E-state index in [0.29, 0.717) is 31.2 Å². The standard InChI is InChI=1S/C13H20N4O2/c1-10(2)9-17-12(18)4-3-11(15-17)13(19)16-7-5-14-6-8-16/h3-4,10,14H,5-9H2,1-2H3. The summed E-state index contributed by atoms with van der Waals surface area (Å²) in [7, 11) is 0. The maximum absolute atomic E-state index is 12.3. The first-order chi connectivity index (χ1) is 9.08. The molecule has 1 amide bonds. The van der Waals surface area contributed by atoms with Crippen molar-refractivity contribution in [1.29, 1.82) is 0 Å². The Bertz CT molecular complexity index is 504. The minimum atomic E-state index is -0.162. The van der Waals surface area contributed by atoms with Gasteiger partial charge in [0.05, 0.1) is 0 Å². The summed E-state index contributed by atoms with van der Waals surface area (Å²) in [6, 6.07) is 2.94. The quantitative estimate of drug-likeness (QED) is 0.831. The summed E-state index contributed by atoms with van der Waals surface area (Å²) in [6.07, 6.45) is 0. The second-order valence-corrected chi connectivity index (χ2v) is 5.17. The molecule has 0 aliphatic carbocycles. The Morgan fingerprint density at radius 1 is 1.37 bits per heavy atom. The van der Waals surface area contributed by atoms with E-state index in [-0.39, 0.29) is 11.5 Å². The Balaban J connectivity index is 2.19. The summed E-state index contributed by atoms with van der Waals surface area (Å²) in [4.78, 5) is 25.7. The lowest BCUT2D eigenvalue weighted by Gasteiger charge is -2.27. The number of piperazine rings is 1. The maximum Gasteiger partial charge on any atom is 0.274 e. The molecule has 0 radical (unpaired) electrons. The van der Waals surface area contributed by atoms with Crippen LogP contribution in [0.4, 0.5) is 0 Å². The maximum atomic E-state index is 12.3. The summed E-state index contributed by atoms with van der Waals surface area (Å²) >= 11 is 0. The number of nitrogens with one attached hydrogen (secondary N) is 1. The highest BCUT2D eigenvalue weighted by molar-refractivity contribution is 5.92. The topological polar surface area (TPSA) is 67.2 Å². The van der Waals surface area contributed by atoms with Crippen LogP contribution in [0, 0.1) is 5.92 Å². The zero-order valence-corrected chi connectivity index (χ0v) is 11.4. The van der Waals surface area contributed by atoms with E-state index in [2.05, 4.69) is 10.4 Å². The summed E-state index contributed by atoms with van der Waals surface area (Å²) in [5.74, 6) is 0.216. The van der Waals surface area contributed by atoms with Gasteiger partial charge in [0, 0.05) is 38.8 Å². The van der Waals surface area contributed by atoms with Crippen LogP contribution in [0.3, 0.4) is 0 Å². The van der Waals surface area contributed by atoms with Crippen molar-refractivity contribution in [3.05, 3.63) is 28.2 Å². The van der Waals surface area contributed by atoms with E-state index in [1.165, 1.54) is 16.8 Å². The highest BCUT2D eigenvalue weighted by Crippen LogP contribution is 2.02. The molecule has 1 aliphatic heterocycles. The van der Waals surface area contributed by atoms with E-state index < -0.39 is 0 Å². The van der Waals surface area contributed by atoms with Crippen molar-refractivity contribution in [2.45, 2.75) is 20.4 Å². The van der Waals surface area contributed by atoms with Crippen molar-refractivity contribution >= 4 is 5.91 Å². The summed E-state index contributed by atoms with van der Waals surface area (Å²) in [5, 5.41) is 7.38. The van der Waals surface area contributed by atoms with E-state index >= 15 is 0 Å². The highest BCUT2D eigenvalue weighted by Gasteiger charge is 2.19. The van der Waals surface area contributed by atoms with Gasteiger partial charge in [0.1, 0.15) is 5.69 Å². The fourth-order valence-corrected chi connectivity index (χ4v) is 2.07. The average Bonchev–Trinajstić information content (AvgIpc) is 2.41. The number of aromatic nitrogens is 2. The van der Waals surface area contributed by atoms with Crippen LogP contribution in [-0.4, -0.2) is 46.8 Å². The SMILES string of the molecule is CC(C)Cn1nc(C(=O)N2CCNCC2)ccc1=O. The van der Waals surface area contributed by atoms with Gasteiger partial charge >= 0.3 is 0 Å². The monoisotopic (exact) mass is 264 g/mol. The van der Waals surface area contributed by atoms with Crippen molar-refractivity contribution in [2.75, 3.05) is 26.2 Å². The summed E-state index contributed by atoms with van der Waals surface area (Å²) in [6.45, 7) is 7.53. The smallest absolute Gasteiger partial charge is 0.274 e. The van der Waals surface area contributed by atoms with Gasteiger partial charge < -0.3 is 10.2 Å². The summed E-state index contributed by atoms with van der Waals surface area (Å²) < 4.78 is 1.38. The van der Waals surface area contributed by atoms with E-state index in [1.807, 2.05) is 13.8 Å². The van der Waals surface area contributed by atoms with Crippen LogP contribution >= 0.6 is 0 Å². The molecule has 0 aromatic carbocycles. The third kappa shape index (κ3) is 3.41. The van der Waals surface area contributed by atoms with Crippen LogP contribution in [0.15, 0.2) is 16.9 Å². The van der Waals surface area contributed by atoms with Gasteiger partial charge in [-0.15, -0.1) is 0 Å². The fraction of sp³-hybridized carbons (Fsp3) is 0.615. The number of nitrogens with zero attached hydrogens (tertiary/aromatic N) is 3. The molecule has 0 spiro atoms. The van der Waals surface area contributed by atoms with Crippen molar-refractivity contribution < 1.29 is 4.79 Å². The highest BCUT2D eigenvalue weighted by atomic mass is 16.2. The van der Waals surface area contributed by atoms with Crippen LogP contribution in [0.2, 0.25) is 0 Å². The van der Waals surface area contributed by atoms with Crippen molar-refractivity contribution in [1.82, 2.24) is 20.0 Å². The Hall–Kier alpha value is -1.69. The molecule has 1 aromatic heterocycles. The lowest BCUT2D eigenvalue weighted by atomic mass is 10.2. The van der Waals surface area contributed by atoms with E-state index in [1.54, 1.807) is 4.90 Å². The van der Waals surface area contributed by atoms with Gasteiger partial charge in [-0.1, -0.05) is 13.8 Å². The van der Waals surface area contributed by atoms with Crippen LogP contribution < -0.4 is 10.9 Å². The molecule has 6 heteroatoms. The molecular formula is C13H20N4O2. The van der Waals surface area contributed by atoms with Gasteiger partial charge in [0.15, 0.2) is 0 Å². The van der Waals surface area contributed by atoms with E-state index in [0.717, 1.165) is 13.1 Å². The van der Waals surface area contributed by atoms with Crippen LogP contribution in [-0.2, 0) is 6.54 Å². The zero-order chi connectivity index (χ0) is 13.8. The molecule has 2 heterocycles. The molecular weight excluding hydrogens is 244 g/mol. The van der Waals surface area contributed by atoms with E-state index in [4.69, 9.17) is 0 Å². The molecule has 0 atom stereocenters. The molecule has 0 unspecified atom stereocenters. The molecule has 1 N–H and O–H groups in total. The van der Waals surface area contributed by atoms with E-state index in [9.17, 15) is 9.59 Å². The Labute approximate surface area is 112 Å². The zero-order valence-electron chi connectivity index (χ0n) is 11.4. The predicted molar refractivity (Wildman–Crippen MR) is 72.1 cm³/mol. The van der Waals surface area contributed by atoms with Gasteiger partial charge in [0.2, 0.25) is 0 Å². The van der Waals surface area contributed by atoms with Crippen LogP contribution in [0.5, 0.6) is 0 Å². The molecule has 104 valence electrons. The number of carbonyl (C=O) groups excluding carboxylic acids is 1. The first kappa shape index (κ1) is 13.7. The second-order valence-electron chi connectivity index (χ2n) is 5.17. The molecule has 1 fully saturated rings. The molecule has 0 bridgehead atoms. The van der Waals surface area contributed by atoms with Gasteiger partial charge in [-0.2, -0.15) is 5.10 Å². The fourth-order valence-electron chi connectivity index (χ4n) is 2.07. The Morgan fingerprint density at radius 2 is 2.05 bits per heavy atom. The normalized spacial score (nSPS) is 15.8. The van der Waals surface area contributed by atoms with Crippen molar-refractivity contribution in [2.24, 2.45) is 5.92 Å². The Kier molecular flexibility index (Phi) is 4.31. The minimum absolute atomic E-state index is 0.0981. The first-order valence-corrected chi connectivity index (χ1v) is 6.66. The van der Waals surface area contributed by atoms with Crippen molar-refractivity contribution in [3.63, 3.8) is 0 Å². The molecule has 1 saturated heterocycles. The lowest BCUT2D eigenvalue weighted by Crippen LogP contribution is -2.47. The summed E-state index contributed by atoms with van der Waals surface area (Å²) in [5.41, 5.74) is 0.188. The van der Waals surface area contributed by atoms with Gasteiger partial charge in [-0.05, 0) is 12.0 Å². The van der Waals surface area contributed by atoms with Gasteiger partial charge in [0.25, 0.3) is 11.5 Å². The first-order valence-electron chi connectivity index (χ1n) is 6.66. The third-order valence-corrected chi connectivity index (χ3v) is 3.03. The number of rotatable bonds is 3. The number of carbonyl (C=O) groups is 1. The lowest BCUT2D eigenvalue weighted by molar-refractivity contribution is 0.0726. The number of hydrogen-bond acceptors (Lipinski definition) is 4. The molecule has 19 heavy (non-hydrogen) atoms. The molecule has 1 aromatic rings. The molecule has 6 nitrogen and oxygen atoms in total. The predicted octanol–water partition coefficient (Wildman–Crippen LogP) is -0.0553. The van der Waals surface area contributed by atoms with Crippen LogP contribution in [0.25, 0.3) is 0 Å². The molecule has 0 saturated carbocycles. The molecule has 1 aliphatic rings. The van der Waals surface area contributed by atoms with Crippen LogP contribution in [0.1, 0.15) is 24.3 Å². The minimum Gasteiger partial charge on any atom is -0.335 e. The van der Waals surface area contributed by atoms with Gasteiger partial charge in [-0.3, -0.25) is 9.59 Å².